The number of carbonyl (C=O) groups excluding carboxylic acids is 3. The largest absolute Gasteiger partial charge is 0.467 e. The Hall–Kier alpha value is -3.15. The minimum absolute atomic E-state index is 0.0581. The van der Waals surface area contributed by atoms with Crippen LogP contribution in [0.3, 0.4) is 0 Å². The van der Waals surface area contributed by atoms with Crippen molar-refractivity contribution in [3.05, 3.63) is 71.3 Å². The molecule has 184 valence electrons. The quantitative estimate of drug-likeness (QED) is 0.497. The Balaban J connectivity index is 1.51. The van der Waals surface area contributed by atoms with E-state index in [9.17, 15) is 19.5 Å². The number of nitrogens with zero attached hydrogens (tertiary/aromatic N) is 1. The number of methoxy groups -OCH3 is 1. The molecule has 0 aliphatic carbocycles. The van der Waals surface area contributed by atoms with Crippen LogP contribution in [0.25, 0.3) is 0 Å². The molecule has 10 nitrogen and oxygen atoms in total. The third kappa shape index (κ3) is 4.13. The first-order chi connectivity index (χ1) is 16.9. The SMILES string of the molecule is COC(=O)[C@@H](C)O[C@H]1[C@@H]2O[C@H](c3ccccc3)OC[C@H]2O[C@@H](O)[C@@H]1N1C(=O)c2ccccc2C1=O. The van der Waals surface area contributed by atoms with Crippen LogP contribution in [0, 0.1) is 0 Å². The molecule has 35 heavy (non-hydrogen) atoms. The summed E-state index contributed by atoms with van der Waals surface area (Å²) >= 11 is 0. The molecule has 0 unspecified atom stereocenters. The number of carbonyl (C=O) groups is 3. The van der Waals surface area contributed by atoms with Crippen LogP contribution in [-0.4, -0.2) is 78.3 Å². The summed E-state index contributed by atoms with van der Waals surface area (Å²) in [7, 11) is 1.22. The van der Waals surface area contributed by atoms with Crippen LogP contribution >= 0.6 is 0 Å². The zero-order chi connectivity index (χ0) is 24.7. The summed E-state index contributed by atoms with van der Waals surface area (Å²) in [6.07, 6.45) is -6.22. The fourth-order valence-electron chi connectivity index (χ4n) is 4.72. The zero-order valence-electron chi connectivity index (χ0n) is 19.1. The number of amides is 2. The van der Waals surface area contributed by atoms with Gasteiger partial charge in [0.1, 0.15) is 24.4 Å². The molecule has 2 saturated heterocycles. The van der Waals surface area contributed by atoms with E-state index in [1.165, 1.54) is 26.2 Å². The van der Waals surface area contributed by atoms with E-state index in [-0.39, 0.29) is 17.7 Å². The van der Waals surface area contributed by atoms with Crippen LogP contribution in [0.5, 0.6) is 0 Å². The summed E-state index contributed by atoms with van der Waals surface area (Å²) < 4.78 is 28.6. The highest BCUT2D eigenvalue weighted by Crippen LogP contribution is 2.39. The molecule has 2 aromatic carbocycles. The van der Waals surface area contributed by atoms with E-state index < -0.39 is 60.8 Å². The molecular weight excluding hydrogens is 458 g/mol. The summed E-state index contributed by atoms with van der Waals surface area (Å²) in [6.45, 7) is 1.54. The minimum Gasteiger partial charge on any atom is -0.467 e. The van der Waals surface area contributed by atoms with Gasteiger partial charge in [-0.15, -0.1) is 0 Å². The molecule has 2 amide bonds. The van der Waals surface area contributed by atoms with E-state index in [0.717, 1.165) is 10.5 Å². The number of aliphatic hydroxyl groups is 1. The Bertz CT molecular complexity index is 1090. The lowest BCUT2D eigenvalue weighted by Gasteiger charge is -2.50. The molecule has 7 atom stereocenters. The van der Waals surface area contributed by atoms with Gasteiger partial charge in [0.05, 0.1) is 24.8 Å². The van der Waals surface area contributed by atoms with Gasteiger partial charge >= 0.3 is 5.97 Å². The van der Waals surface area contributed by atoms with E-state index in [1.54, 1.807) is 12.1 Å². The van der Waals surface area contributed by atoms with Crippen LogP contribution < -0.4 is 0 Å². The van der Waals surface area contributed by atoms with Crippen LogP contribution in [0.2, 0.25) is 0 Å². The summed E-state index contributed by atoms with van der Waals surface area (Å²) in [4.78, 5) is 39.6. The number of aliphatic hydroxyl groups excluding tert-OH is 1. The summed E-state index contributed by atoms with van der Waals surface area (Å²) in [5, 5.41) is 11.0. The number of hydrogen-bond donors (Lipinski definition) is 1. The monoisotopic (exact) mass is 483 g/mol. The molecule has 5 rings (SSSR count). The molecule has 1 N–H and O–H groups in total. The molecule has 2 aromatic rings. The Morgan fingerprint density at radius 2 is 1.66 bits per heavy atom. The van der Waals surface area contributed by atoms with E-state index in [2.05, 4.69) is 0 Å². The number of hydrogen-bond acceptors (Lipinski definition) is 9. The number of benzene rings is 2. The Morgan fingerprint density at radius 1 is 1.03 bits per heavy atom. The highest BCUT2D eigenvalue weighted by Gasteiger charge is 2.56. The highest BCUT2D eigenvalue weighted by molar-refractivity contribution is 6.21. The number of ether oxygens (including phenoxy) is 5. The van der Waals surface area contributed by atoms with Crippen molar-refractivity contribution in [3.8, 4) is 0 Å². The van der Waals surface area contributed by atoms with Gasteiger partial charge in [0.25, 0.3) is 11.8 Å². The highest BCUT2D eigenvalue weighted by atomic mass is 16.7. The van der Waals surface area contributed by atoms with Crippen LogP contribution in [0.15, 0.2) is 54.6 Å². The van der Waals surface area contributed by atoms with Gasteiger partial charge in [0.15, 0.2) is 18.7 Å². The Kier molecular flexibility index (Phi) is 6.39. The van der Waals surface area contributed by atoms with Gasteiger partial charge in [0.2, 0.25) is 0 Å². The third-order valence-corrected chi connectivity index (χ3v) is 6.42. The molecule has 3 aliphatic rings. The smallest absolute Gasteiger partial charge is 0.334 e. The van der Waals surface area contributed by atoms with Gasteiger partial charge < -0.3 is 28.8 Å². The molecule has 0 radical (unpaired) electrons. The number of fused-ring (bicyclic) bond motifs is 2. The van der Waals surface area contributed by atoms with E-state index in [4.69, 9.17) is 23.7 Å². The van der Waals surface area contributed by atoms with Crippen molar-refractivity contribution < 1.29 is 43.2 Å². The van der Waals surface area contributed by atoms with Gasteiger partial charge in [-0.1, -0.05) is 42.5 Å². The molecule has 3 aliphatic heterocycles. The van der Waals surface area contributed by atoms with Gasteiger partial charge in [-0.2, -0.15) is 0 Å². The fourth-order valence-corrected chi connectivity index (χ4v) is 4.72. The second-order valence-corrected chi connectivity index (χ2v) is 8.52. The van der Waals surface area contributed by atoms with E-state index in [0.29, 0.717) is 0 Å². The predicted molar refractivity (Wildman–Crippen MR) is 118 cm³/mol. The Labute approximate surface area is 201 Å². The second-order valence-electron chi connectivity index (χ2n) is 8.52. The average Bonchev–Trinajstić information content (AvgIpc) is 3.13. The first-order valence-electron chi connectivity index (χ1n) is 11.3. The van der Waals surface area contributed by atoms with Crippen LogP contribution in [0.4, 0.5) is 0 Å². The third-order valence-electron chi connectivity index (χ3n) is 6.42. The first kappa shape index (κ1) is 23.6. The maximum absolute atomic E-state index is 13.2. The standard InChI is InChI=1S/C25H25NO9/c1-13(23(29)31-2)33-20-18(26-21(27)15-10-6-7-11-16(15)22(26)28)24(30)34-17-12-32-25(35-19(17)20)14-8-4-3-5-9-14/h3-11,13,17-20,24-25,30H,12H2,1-2H3/t13-,17-,18-,19-,20-,24-,25-/m1/s1. The predicted octanol–water partition coefficient (Wildman–Crippen LogP) is 1.43. The van der Waals surface area contributed by atoms with Crippen molar-refractivity contribution in [2.24, 2.45) is 0 Å². The molecule has 10 heteroatoms. The van der Waals surface area contributed by atoms with Crippen LogP contribution in [-0.2, 0) is 28.5 Å². The van der Waals surface area contributed by atoms with Crippen molar-refractivity contribution in [1.29, 1.82) is 0 Å². The van der Waals surface area contributed by atoms with Crippen molar-refractivity contribution in [2.45, 2.75) is 50.0 Å². The molecule has 0 aromatic heterocycles. The van der Waals surface area contributed by atoms with Crippen molar-refractivity contribution >= 4 is 17.8 Å². The average molecular weight is 483 g/mol. The van der Waals surface area contributed by atoms with Gasteiger partial charge in [0, 0.05) is 5.56 Å². The lowest BCUT2D eigenvalue weighted by molar-refractivity contribution is -0.349. The molecule has 0 saturated carbocycles. The van der Waals surface area contributed by atoms with Crippen LogP contribution in [0.1, 0.15) is 39.5 Å². The maximum atomic E-state index is 13.2. The lowest BCUT2D eigenvalue weighted by atomic mass is 9.94. The summed E-state index contributed by atoms with van der Waals surface area (Å²) in [5.41, 5.74) is 1.16. The second kappa shape index (κ2) is 9.48. The van der Waals surface area contributed by atoms with E-state index in [1.807, 2.05) is 30.3 Å². The van der Waals surface area contributed by atoms with Gasteiger partial charge in [-0.3, -0.25) is 14.5 Å². The fraction of sp³-hybridized carbons (Fsp3) is 0.400. The van der Waals surface area contributed by atoms with E-state index >= 15 is 0 Å². The van der Waals surface area contributed by atoms with Gasteiger partial charge in [-0.25, -0.2) is 4.79 Å². The Morgan fingerprint density at radius 3 is 2.29 bits per heavy atom. The molecule has 0 bridgehead atoms. The van der Waals surface area contributed by atoms with Crippen molar-refractivity contribution in [1.82, 2.24) is 4.90 Å². The molecule has 3 heterocycles. The topological polar surface area (TPSA) is 121 Å². The number of rotatable bonds is 5. The normalized spacial score (nSPS) is 31.0. The zero-order valence-corrected chi connectivity index (χ0v) is 19.1. The first-order valence-corrected chi connectivity index (χ1v) is 11.3. The molecular formula is C25H25NO9. The number of imide groups is 1. The molecule has 0 spiro atoms. The van der Waals surface area contributed by atoms with Gasteiger partial charge in [-0.05, 0) is 19.1 Å². The maximum Gasteiger partial charge on any atom is 0.334 e. The van der Waals surface area contributed by atoms with Crippen molar-refractivity contribution in [3.63, 3.8) is 0 Å². The molecule has 2 fully saturated rings. The number of esters is 1. The summed E-state index contributed by atoms with van der Waals surface area (Å²) in [6, 6.07) is 14.3. The summed E-state index contributed by atoms with van der Waals surface area (Å²) in [5.74, 6) is -1.85. The minimum atomic E-state index is -1.60. The lowest BCUT2D eigenvalue weighted by Crippen LogP contribution is -2.68. The van der Waals surface area contributed by atoms with Crippen molar-refractivity contribution in [2.75, 3.05) is 13.7 Å².